The smallest absolute Gasteiger partial charge is 0.407 e. The Kier molecular flexibility index (Phi) is 2.00. The number of likely N-dealkylation sites (tertiary alicyclic amines) is 1. The van der Waals surface area contributed by atoms with Crippen molar-refractivity contribution in [3.63, 3.8) is 0 Å². The summed E-state index contributed by atoms with van der Waals surface area (Å²) in [4.78, 5) is 12.1. The van der Waals surface area contributed by atoms with Crippen LogP contribution in [0.25, 0.3) is 0 Å². The van der Waals surface area contributed by atoms with Crippen molar-refractivity contribution in [3.05, 3.63) is 12.2 Å². The molecule has 1 saturated heterocycles. The molecule has 0 saturated carbocycles. The summed E-state index contributed by atoms with van der Waals surface area (Å²) in [5.74, 6) is 0. The summed E-state index contributed by atoms with van der Waals surface area (Å²) < 4.78 is 0. The van der Waals surface area contributed by atoms with Gasteiger partial charge in [0.25, 0.3) is 0 Å². The van der Waals surface area contributed by atoms with Crippen LogP contribution in [-0.2, 0) is 0 Å². The Bertz CT molecular complexity index is 242. The van der Waals surface area contributed by atoms with Crippen molar-refractivity contribution in [1.29, 1.82) is 0 Å². The summed E-state index contributed by atoms with van der Waals surface area (Å²) in [5, 5.41) is 12.2. The quantitative estimate of drug-likeness (QED) is 0.541. The Labute approximate surface area is 77.2 Å². The van der Waals surface area contributed by atoms with Crippen LogP contribution in [-0.4, -0.2) is 41.3 Å². The van der Waals surface area contributed by atoms with Gasteiger partial charge < -0.3 is 15.3 Å². The molecule has 2 aliphatic heterocycles. The van der Waals surface area contributed by atoms with Crippen LogP contribution in [0.5, 0.6) is 0 Å². The molecule has 1 fully saturated rings. The first-order valence-corrected chi connectivity index (χ1v) is 4.62. The number of carboxylic acid groups (broad SMARTS) is 1. The third-order valence-electron chi connectivity index (χ3n) is 2.94. The molecule has 0 aromatic rings. The average Bonchev–Trinajstić information content (AvgIpc) is 2.54. The number of hydrogen-bond acceptors (Lipinski definition) is 2. The van der Waals surface area contributed by atoms with Crippen LogP contribution >= 0.6 is 0 Å². The van der Waals surface area contributed by atoms with E-state index in [4.69, 9.17) is 5.11 Å². The van der Waals surface area contributed by atoms with Gasteiger partial charge in [-0.3, -0.25) is 0 Å². The molecule has 2 aliphatic rings. The van der Waals surface area contributed by atoms with Gasteiger partial charge in [-0.25, -0.2) is 4.79 Å². The third-order valence-corrected chi connectivity index (χ3v) is 2.94. The highest BCUT2D eigenvalue weighted by molar-refractivity contribution is 5.65. The van der Waals surface area contributed by atoms with Crippen molar-refractivity contribution < 1.29 is 9.90 Å². The minimum Gasteiger partial charge on any atom is -0.465 e. The molecule has 0 aromatic heterocycles. The van der Waals surface area contributed by atoms with E-state index in [1.807, 2.05) is 0 Å². The highest BCUT2D eigenvalue weighted by atomic mass is 16.4. The van der Waals surface area contributed by atoms with Gasteiger partial charge in [0.15, 0.2) is 0 Å². The molecule has 1 amide bonds. The molecular weight excluding hydrogens is 168 g/mol. The number of nitrogens with one attached hydrogen (secondary N) is 1. The Hall–Kier alpha value is -1.03. The maximum Gasteiger partial charge on any atom is 0.407 e. The SMILES string of the molecule is O=C(O)N1CCC2(C=CCN2)CC1. The summed E-state index contributed by atoms with van der Waals surface area (Å²) in [6.07, 6.45) is 5.31. The molecule has 4 heteroatoms. The molecule has 1 spiro atoms. The van der Waals surface area contributed by atoms with Crippen molar-refractivity contribution in [2.45, 2.75) is 18.4 Å². The van der Waals surface area contributed by atoms with E-state index in [0.717, 1.165) is 19.4 Å². The molecule has 0 aliphatic carbocycles. The van der Waals surface area contributed by atoms with Crippen molar-refractivity contribution >= 4 is 6.09 Å². The van der Waals surface area contributed by atoms with Crippen LogP contribution in [0.15, 0.2) is 12.2 Å². The zero-order valence-electron chi connectivity index (χ0n) is 7.49. The van der Waals surface area contributed by atoms with Crippen LogP contribution in [0, 0.1) is 0 Å². The first kappa shape index (κ1) is 8.56. The van der Waals surface area contributed by atoms with Crippen molar-refractivity contribution in [3.8, 4) is 0 Å². The van der Waals surface area contributed by atoms with Crippen LogP contribution in [0.4, 0.5) is 4.79 Å². The fourth-order valence-corrected chi connectivity index (χ4v) is 2.05. The highest BCUT2D eigenvalue weighted by Gasteiger charge is 2.34. The minimum atomic E-state index is -0.795. The minimum absolute atomic E-state index is 0.103. The molecule has 72 valence electrons. The molecular formula is C9H14N2O2. The van der Waals surface area contributed by atoms with Crippen LogP contribution in [0.1, 0.15) is 12.8 Å². The maximum atomic E-state index is 10.6. The fourth-order valence-electron chi connectivity index (χ4n) is 2.05. The predicted octanol–water partition coefficient (Wildman–Crippen LogP) is 0.658. The summed E-state index contributed by atoms with van der Waals surface area (Å²) in [6.45, 7) is 2.21. The second-order valence-corrected chi connectivity index (χ2v) is 3.71. The van der Waals surface area contributed by atoms with Crippen molar-refractivity contribution in [2.75, 3.05) is 19.6 Å². The van der Waals surface area contributed by atoms with E-state index in [1.54, 1.807) is 0 Å². The lowest BCUT2D eigenvalue weighted by Gasteiger charge is -2.37. The molecule has 0 atom stereocenters. The van der Waals surface area contributed by atoms with E-state index in [1.165, 1.54) is 4.90 Å². The van der Waals surface area contributed by atoms with Gasteiger partial charge in [-0.2, -0.15) is 0 Å². The van der Waals surface area contributed by atoms with Gasteiger partial charge >= 0.3 is 6.09 Å². The molecule has 2 rings (SSSR count). The van der Waals surface area contributed by atoms with Crippen LogP contribution in [0.2, 0.25) is 0 Å². The van der Waals surface area contributed by atoms with E-state index in [-0.39, 0.29) is 5.54 Å². The van der Waals surface area contributed by atoms with Crippen LogP contribution in [0.3, 0.4) is 0 Å². The first-order chi connectivity index (χ1) is 6.22. The average molecular weight is 182 g/mol. The number of nitrogens with zero attached hydrogens (tertiary/aromatic N) is 1. The molecule has 0 bridgehead atoms. The van der Waals surface area contributed by atoms with Crippen LogP contribution < -0.4 is 5.32 Å². The second-order valence-electron chi connectivity index (χ2n) is 3.71. The Morgan fingerprint density at radius 1 is 1.46 bits per heavy atom. The number of hydrogen-bond donors (Lipinski definition) is 2. The van der Waals surface area contributed by atoms with Crippen molar-refractivity contribution in [2.24, 2.45) is 0 Å². The largest absolute Gasteiger partial charge is 0.465 e. The zero-order chi connectivity index (χ0) is 9.31. The molecule has 0 unspecified atom stereocenters. The zero-order valence-corrected chi connectivity index (χ0v) is 7.49. The summed E-state index contributed by atoms with van der Waals surface area (Å²) in [6, 6.07) is 0. The third kappa shape index (κ3) is 1.54. The number of rotatable bonds is 0. The first-order valence-electron chi connectivity index (χ1n) is 4.62. The number of carbonyl (C=O) groups is 1. The molecule has 13 heavy (non-hydrogen) atoms. The monoisotopic (exact) mass is 182 g/mol. The molecule has 2 N–H and O–H groups in total. The van der Waals surface area contributed by atoms with Gasteiger partial charge in [-0.05, 0) is 12.8 Å². The summed E-state index contributed by atoms with van der Waals surface area (Å²) >= 11 is 0. The summed E-state index contributed by atoms with van der Waals surface area (Å²) in [7, 11) is 0. The van der Waals surface area contributed by atoms with Gasteiger partial charge in [-0.15, -0.1) is 0 Å². The Morgan fingerprint density at radius 3 is 2.62 bits per heavy atom. The number of piperidine rings is 1. The topological polar surface area (TPSA) is 52.6 Å². The van der Waals surface area contributed by atoms with E-state index in [9.17, 15) is 4.79 Å². The molecule has 4 nitrogen and oxygen atoms in total. The van der Waals surface area contributed by atoms with E-state index >= 15 is 0 Å². The standard InChI is InChI=1S/C9H14N2O2/c12-8(13)11-6-3-9(4-7-11)2-1-5-10-9/h1-2,10H,3-7H2,(H,12,13). The lowest BCUT2D eigenvalue weighted by molar-refractivity contribution is 0.120. The fraction of sp³-hybridized carbons (Fsp3) is 0.667. The summed E-state index contributed by atoms with van der Waals surface area (Å²) in [5.41, 5.74) is 0.103. The van der Waals surface area contributed by atoms with Gasteiger partial charge in [-0.1, -0.05) is 12.2 Å². The van der Waals surface area contributed by atoms with E-state index in [2.05, 4.69) is 17.5 Å². The normalized spacial score (nSPS) is 25.4. The predicted molar refractivity (Wildman–Crippen MR) is 48.7 cm³/mol. The molecule has 2 heterocycles. The van der Waals surface area contributed by atoms with Gasteiger partial charge in [0.1, 0.15) is 0 Å². The number of amides is 1. The van der Waals surface area contributed by atoms with E-state index in [0.29, 0.717) is 13.1 Å². The lowest BCUT2D eigenvalue weighted by Crippen LogP contribution is -2.51. The second kappa shape index (κ2) is 3.03. The lowest BCUT2D eigenvalue weighted by atomic mass is 9.89. The van der Waals surface area contributed by atoms with Gasteiger partial charge in [0.05, 0.1) is 0 Å². The maximum absolute atomic E-state index is 10.6. The Morgan fingerprint density at radius 2 is 2.15 bits per heavy atom. The highest BCUT2D eigenvalue weighted by Crippen LogP contribution is 2.26. The molecule has 0 radical (unpaired) electrons. The Balaban J connectivity index is 1.96. The molecule has 0 aromatic carbocycles. The van der Waals surface area contributed by atoms with E-state index < -0.39 is 6.09 Å². The van der Waals surface area contributed by atoms with Crippen molar-refractivity contribution in [1.82, 2.24) is 10.2 Å². The van der Waals surface area contributed by atoms with Gasteiger partial charge in [0, 0.05) is 25.2 Å². The van der Waals surface area contributed by atoms with Gasteiger partial charge in [0.2, 0.25) is 0 Å².